The van der Waals surface area contributed by atoms with Gasteiger partial charge in [-0.1, -0.05) is 156 Å². The maximum absolute atomic E-state index is 12.5. The van der Waals surface area contributed by atoms with Crippen LogP contribution in [0, 0.1) is 0 Å². The van der Waals surface area contributed by atoms with Crippen molar-refractivity contribution < 1.29 is 32.8 Å². The predicted molar refractivity (Wildman–Crippen MR) is 233 cm³/mol. The molecule has 55 heavy (non-hydrogen) atoms. The zero-order valence-electron chi connectivity index (χ0n) is 34.6. The number of hydrogen-bond donors (Lipinski definition) is 2. The Balaban J connectivity index is 4.23. The summed E-state index contributed by atoms with van der Waals surface area (Å²) in [6.45, 7) is 4.63. The molecule has 0 aliphatic rings. The summed E-state index contributed by atoms with van der Waals surface area (Å²) in [5.41, 5.74) is 5.36. The number of phosphoric ester groups is 1. The molecule has 0 saturated carbocycles. The topological polar surface area (TPSA) is 117 Å². The van der Waals surface area contributed by atoms with Crippen LogP contribution in [0.2, 0.25) is 0 Å². The third-order valence-electron chi connectivity index (χ3n) is 8.25. The molecule has 0 amide bonds. The average Bonchev–Trinajstić information content (AvgIpc) is 3.17. The van der Waals surface area contributed by atoms with Gasteiger partial charge in [0.05, 0.1) is 19.8 Å². The molecule has 0 fully saturated rings. The maximum atomic E-state index is 12.5. The van der Waals surface area contributed by atoms with Crippen LogP contribution in [0.15, 0.2) is 97.2 Å². The lowest BCUT2D eigenvalue weighted by Crippen LogP contribution is -2.28. The highest BCUT2D eigenvalue weighted by molar-refractivity contribution is 7.47. The van der Waals surface area contributed by atoms with Crippen molar-refractivity contribution in [2.24, 2.45) is 5.73 Å². The molecule has 2 unspecified atom stereocenters. The Morgan fingerprint density at radius 3 is 1.53 bits per heavy atom. The van der Waals surface area contributed by atoms with Crippen molar-refractivity contribution in [1.82, 2.24) is 0 Å². The Morgan fingerprint density at radius 2 is 1.02 bits per heavy atom. The van der Waals surface area contributed by atoms with Gasteiger partial charge < -0.3 is 20.1 Å². The summed E-state index contributed by atoms with van der Waals surface area (Å²) < 4.78 is 33.3. The minimum Gasteiger partial charge on any atom is -0.457 e. The van der Waals surface area contributed by atoms with Crippen LogP contribution < -0.4 is 5.73 Å². The Labute approximate surface area is 336 Å². The maximum Gasteiger partial charge on any atom is 0.472 e. The van der Waals surface area contributed by atoms with E-state index in [0.29, 0.717) is 13.0 Å². The minimum atomic E-state index is -4.31. The molecule has 0 aliphatic heterocycles. The summed E-state index contributed by atoms with van der Waals surface area (Å²) in [6, 6.07) is 0. The zero-order valence-corrected chi connectivity index (χ0v) is 35.5. The van der Waals surface area contributed by atoms with Crippen LogP contribution in [0.4, 0.5) is 0 Å². The lowest BCUT2D eigenvalue weighted by atomic mass is 10.1. The van der Waals surface area contributed by atoms with E-state index in [9.17, 15) is 14.3 Å². The van der Waals surface area contributed by atoms with Crippen LogP contribution in [0.1, 0.15) is 149 Å². The molecule has 0 spiro atoms. The van der Waals surface area contributed by atoms with Gasteiger partial charge in [-0.15, -0.1) is 0 Å². The van der Waals surface area contributed by atoms with Crippen molar-refractivity contribution in [1.29, 1.82) is 0 Å². The van der Waals surface area contributed by atoms with Crippen LogP contribution in [0.25, 0.3) is 0 Å². The van der Waals surface area contributed by atoms with E-state index in [0.717, 1.165) is 70.6 Å². The van der Waals surface area contributed by atoms with Crippen molar-refractivity contribution in [3.05, 3.63) is 97.2 Å². The highest BCUT2D eigenvalue weighted by Crippen LogP contribution is 2.43. The largest absolute Gasteiger partial charge is 0.472 e. The number of unbranched alkanes of at least 4 members (excludes halogenated alkanes) is 10. The molecule has 0 aromatic carbocycles. The number of esters is 1. The second kappa shape index (κ2) is 42.6. The van der Waals surface area contributed by atoms with Crippen molar-refractivity contribution in [2.45, 2.75) is 155 Å². The van der Waals surface area contributed by atoms with Gasteiger partial charge in [0.25, 0.3) is 0 Å². The average molecular weight is 788 g/mol. The predicted octanol–water partition coefficient (Wildman–Crippen LogP) is 12.7. The van der Waals surface area contributed by atoms with Crippen molar-refractivity contribution in [3.63, 3.8) is 0 Å². The standard InChI is InChI=1S/C46H78NO7P/c1-3-5-7-9-11-13-15-17-19-21-22-23-25-27-29-31-33-35-37-39-46(48)54-45(44-53-55(49,50)52-42-40-47)43-51-41-38-36-34-32-30-28-26-24-20-18-16-14-12-10-8-6-4-2/h5,7,11,13-14,16-17,19-20,22-24,27,29,33,35,45H,3-4,6,8-10,12,15,18,21,25-26,28,30-32,34,36-44,47H2,1-2H3,(H,49,50)/b7-5-,13-11-,16-14-,19-17-,23-22-,24-20-,29-27-,35-33-. The van der Waals surface area contributed by atoms with E-state index < -0.39 is 19.9 Å². The van der Waals surface area contributed by atoms with Gasteiger partial charge in [-0.3, -0.25) is 13.8 Å². The summed E-state index contributed by atoms with van der Waals surface area (Å²) in [7, 11) is -4.31. The zero-order chi connectivity index (χ0) is 40.2. The van der Waals surface area contributed by atoms with Gasteiger partial charge in [0.2, 0.25) is 0 Å². The van der Waals surface area contributed by atoms with Crippen LogP contribution in [-0.2, 0) is 27.9 Å². The first-order valence-electron chi connectivity index (χ1n) is 21.2. The normalized spacial score (nSPS) is 14.5. The van der Waals surface area contributed by atoms with Gasteiger partial charge in [0.1, 0.15) is 6.10 Å². The summed E-state index contributed by atoms with van der Waals surface area (Å²) >= 11 is 0. The van der Waals surface area contributed by atoms with E-state index in [2.05, 4.69) is 98.9 Å². The second-order valence-electron chi connectivity index (χ2n) is 13.5. The molecule has 0 aromatic rings. The molecule has 0 bridgehead atoms. The Bertz CT molecular complexity index is 1150. The van der Waals surface area contributed by atoms with Gasteiger partial charge >= 0.3 is 13.8 Å². The highest BCUT2D eigenvalue weighted by atomic mass is 31.2. The smallest absolute Gasteiger partial charge is 0.457 e. The number of allylic oxidation sites excluding steroid dienone is 16. The van der Waals surface area contributed by atoms with Crippen molar-refractivity contribution in [3.8, 4) is 0 Å². The third-order valence-corrected chi connectivity index (χ3v) is 9.23. The van der Waals surface area contributed by atoms with E-state index >= 15 is 0 Å². The van der Waals surface area contributed by atoms with E-state index in [-0.39, 0.29) is 32.8 Å². The first-order valence-corrected chi connectivity index (χ1v) is 22.7. The van der Waals surface area contributed by atoms with Crippen LogP contribution in [0.5, 0.6) is 0 Å². The van der Waals surface area contributed by atoms with Crippen LogP contribution in [-0.4, -0.2) is 49.9 Å². The quantitative estimate of drug-likeness (QED) is 0.0274. The highest BCUT2D eigenvalue weighted by Gasteiger charge is 2.25. The second-order valence-corrected chi connectivity index (χ2v) is 14.9. The molecular formula is C46H78NO7P. The van der Waals surface area contributed by atoms with E-state index in [1.165, 1.54) is 51.4 Å². The first-order chi connectivity index (χ1) is 26.9. The van der Waals surface area contributed by atoms with Crippen molar-refractivity contribution in [2.75, 3.05) is 33.0 Å². The molecule has 0 heterocycles. The minimum absolute atomic E-state index is 0.0723. The molecule has 0 aromatic heterocycles. The lowest BCUT2D eigenvalue weighted by molar-refractivity contribution is -0.154. The summed E-state index contributed by atoms with van der Waals surface area (Å²) in [5, 5.41) is 0. The Hall–Kier alpha value is -2.58. The lowest BCUT2D eigenvalue weighted by Gasteiger charge is -2.19. The van der Waals surface area contributed by atoms with Gasteiger partial charge in [0.15, 0.2) is 0 Å². The van der Waals surface area contributed by atoms with Crippen molar-refractivity contribution >= 4 is 13.8 Å². The Kier molecular flexibility index (Phi) is 40.6. The molecule has 3 N–H and O–H groups in total. The van der Waals surface area contributed by atoms with Gasteiger partial charge in [-0.2, -0.15) is 0 Å². The van der Waals surface area contributed by atoms with Gasteiger partial charge in [-0.05, 0) is 83.5 Å². The van der Waals surface area contributed by atoms with E-state index in [1.807, 2.05) is 12.2 Å². The molecule has 9 heteroatoms. The molecule has 8 nitrogen and oxygen atoms in total. The molecule has 0 aliphatic carbocycles. The fourth-order valence-corrected chi connectivity index (χ4v) is 5.93. The molecule has 0 radical (unpaired) electrons. The molecule has 0 rings (SSSR count). The van der Waals surface area contributed by atoms with Gasteiger partial charge in [-0.25, -0.2) is 4.57 Å². The summed E-state index contributed by atoms with van der Waals surface area (Å²) in [5.74, 6) is -0.420. The first kappa shape index (κ1) is 52.4. The fraction of sp³-hybridized carbons (Fsp3) is 0.630. The van der Waals surface area contributed by atoms with Crippen LogP contribution in [0.3, 0.4) is 0 Å². The van der Waals surface area contributed by atoms with Crippen LogP contribution >= 0.6 is 7.82 Å². The van der Waals surface area contributed by atoms with E-state index in [4.69, 9.17) is 24.3 Å². The molecular weight excluding hydrogens is 709 g/mol. The molecule has 2 atom stereocenters. The van der Waals surface area contributed by atoms with Gasteiger partial charge in [0, 0.05) is 19.6 Å². The number of ether oxygens (including phenoxy) is 2. The third kappa shape index (κ3) is 42.4. The molecule has 314 valence electrons. The number of rotatable bonds is 39. The Morgan fingerprint density at radius 1 is 0.564 bits per heavy atom. The number of carbonyl (C=O) groups is 1. The summed E-state index contributed by atoms with van der Waals surface area (Å²) in [4.78, 5) is 22.4. The summed E-state index contributed by atoms with van der Waals surface area (Å²) in [6.07, 6.45) is 55.8. The number of carbonyl (C=O) groups excluding carboxylic acids is 1. The molecule has 0 saturated heterocycles. The number of hydrogen-bond acceptors (Lipinski definition) is 7. The number of nitrogens with two attached hydrogens (primary N) is 1. The number of phosphoric acid groups is 1. The van der Waals surface area contributed by atoms with E-state index in [1.54, 1.807) is 0 Å². The monoisotopic (exact) mass is 788 g/mol. The fourth-order valence-electron chi connectivity index (χ4n) is 5.17. The SMILES string of the molecule is CC/C=C\C/C=C\C/C=C\C/C=C\C/C=C\C/C=C\CCC(=O)OC(COCCCCCCCC/C=C\C/C=C\CCCCCC)COP(=O)(O)OCCN.